The van der Waals surface area contributed by atoms with Crippen molar-refractivity contribution in [3.8, 4) is 5.75 Å². The number of benzene rings is 1. The number of nitrogens with two attached hydrogens (primary N) is 1. The number of nitrogens with zero attached hydrogens (tertiary/aromatic N) is 1. The minimum absolute atomic E-state index is 0.0536. The van der Waals surface area contributed by atoms with Crippen LogP contribution in [0.25, 0.3) is 5.76 Å². The van der Waals surface area contributed by atoms with Gasteiger partial charge in [-0.15, -0.1) is 0 Å². The number of carbonyl (C=O) groups excluding carboxylic acids is 3. The van der Waals surface area contributed by atoms with Gasteiger partial charge in [0.25, 0.3) is 0 Å². The van der Waals surface area contributed by atoms with Crippen molar-refractivity contribution in [3.63, 3.8) is 0 Å². The first-order valence-electron chi connectivity index (χ1n) is 11.1. The Morgan fingerprint density at radius 1 is 1.33 bits per heavy atom. The first-order valence-corrected chi connectivity index (χ1v) is 11.1. The Kier molecular flexibility index (Phi) is 7.26. The Morgan fingerprint density at radius 2 is 2.03 bits per heavy atom. The third-order valence-corrected chi connectivity index (χ3v) is 6.68. The van der Waals surface area contributed by atoms with E-state index in [-0.39, 0.29) is 17.8 Å². The summed E-state index contributed by atoms with van der Waals surface area (Å²) < 4.78 is 5.76. The van der Waals surface area contributed by atoms with E-state index in [4.69, 9.17) is 10.5 Å². The Bertz CT molecular complexity index is 987. The molecule has 0 heterocycles. The molecule has 33 heavy (non-hydrogen) atoms. The number of likely N-dealkylation sites (N-methyl/N-ethyl adjacent to an activating group) is 1. The van der Waals surface area contributed by atoms with E-state index < -0.39 is 54.0 Å². The lowest BCUT2D eigenvalue weighted by Crippen LogP contribution is -2.64. The lowest BCUT2D eigenvalue weighted by Gasteiger charge is -2.47. The van der Waals surface area contributed by atoms with Crippen LogP contribution in [0.4, 0.5) is 0 Å². The highest BCUT2D eigenvalue weighted by Gasteiger charge is 2.60. The monoisotopic (exact) mass is 460 g/mol. The van der Waals surface area contributed by atoms with Crippen molar-refractivity contribution < 1.29 is 34.4 Å². The molecule has 1 aromatic carbocycles. The molecule has 0 unspecified atom stereocenters. The zero-order chi connectivity index (χ0) is 24.5. The van der Waals surface area contributed by atoms with E-state index in [0.29, 0.717) is 24.3 Å². The second-order valence-electron chi connectivity index (χ2n) is 9.02. The topological polar surface area (TPSA) is 150 Å². The quantitative estimate of drug-likeness (QED) is 0.391. The number of aliphatic hydroxyl groups is 3. The van der Waals surface area contributed by atoms with Crippen molar-refractivity contribution in [1.29, 1.82) is 0 Å². The summed E-state index contributed by atoms with van der Waals surface area (Å²) in [7, 11) is 3.33. The third kappa shape index (κ3) is 4.28. The number of Topliss-reactive ketones (excluding diaryl/α,β-unsaturated/α-hetero) is 2. The zero-order valence-electron chi connectivity index (χ0n) is 19.2. The number of ether oxygens (including phenoxy) is 1. The van der Waals surface area contributed by atoms with Crippen molar-refractivity contribution in [1.82, 2.24) is 4.90 Å². The molecule has 1 saturated carbocycles. The molecule has 180 valence electrons. The van der Waals surface area contributed by atoms with Crippen LogP contribution in [0.15, 0.2) is 23.8 Å². The van der Waals surface area contributed by atoms with E-state index in [2.05, 4.69) is 0 Å². The molecule has 0 bridgehead atoms. The molecule has 4 atom stereocenters. The molecule has 0 radical (unpaired) electrons. The molecule has 0 spiro atoms. The largest absolute Gasteiger partial charge is 0.507 e. The second kappa shape index (κ2) is 9.62. The highest BCUT2D eigenvalue weighted by atomic mass is 16.5. The summed E-state index contributed by atoms with van der Waals surface area (Å²) in [4.78, 5) is 39.9. The highest BCUT2D eigenvalue weighted by Crippen LogP contribution is 2.49. The van der Waals surface area contributed by atoms with E-state index in [1.807, 2.05) is 19.1 Å². The van der Waals surface area contributed by atoms with Crippen LogP contribution in [-0.2, 0) is 20.8 Å². The normalized spacial score (nSPS) is 25.5. The molecule has 2 aliphatic rings. The first kappa shape index (κ1) is 24.9. The van der Waals surface area contributed by atoms with E-state index >= 15 is 0 Å². The second-order valence-corrected chi connectivity index (χ2v) is 9.02. The van der Waals surface area contributed by atoms with Gasteiger partial charge in [-0.3, -0.25) is 14.4 Å². The van der Waals surface area contributed by atoms with E-state index in [0.717, 1.165) is 12.0 Å². The van der Waals surface area contributed by atoms with Crippen LogP contribution in [0.3, 0.4) is 0 Å². The van der Waals surface area contributed by atoms with Gasteiger partial charge in [-0.25, -0.2) is 0 Å². The molecular weight excluding hydrogens is 428 g/mol. The van der Waals surface area contributed by atoms with Gasteiger partial charge in [-0.1, -0.05) is 19.1 Å². The summed E-state index contributed by atoms with van der Waals surface area (Å²) >= 11 is 0. The van der Waals surface area contributed by atoms with Crippen molar-refractivity contribution in [2.24, 2.45) is 17.6 Å². The average molecular weight is 461 g/mol. The fourth-order valence-corrected chi connectivity index (χ4v) is 5.10. The van der Waals surface area contributed by atoms with Gasteiger partial charge >= 0.3 is 0 Å². The molecule has 5 N–H and O–H groups in total. The maximum absolute atomic E-state index is 13.7. The molecule has 1 amide bonds. The predicted molar refractivity (Wildman–Crippen MR) is 120 cm³/mol. The molecule has 0 saturated heterocycles. The van der Waals surface area contributed by atoms with Crippen LogP contribution in [0.2, 0.25) is 0 Å². The predicted octanol–water partition coefficient (Wildman–Crippen LogP) is 0.604. The van der Waals surface area contributed by atoms with Crippen LogP contribution in [0, 0.1) is 11.8 Å². The van der Waals surface area contributed by atoms with Gasteiger partial charge in [0.1, 0.15) is 11.5 Å². The number of hydrogen-bond acceptors (Lipinski definition) is 8. The molecule has 1 aromatic rings. The fraction of sp³-hybridized carbons (Fsp3) is 0.542. The maximum Gasteiger partial charge on any atom is 0.225 e. The maximum atomic E-state index is 13.7. The molecule has 2 aliphatic carbocycles. The van der Waals surface area contributed by atoms with Crippen LogP contribution in [0.1, 0.15) is 37.3 Å². The van der Waals surface area contributed by atoms with Crippen LogP contribution in [0.5, 0.6) is 5.75 Å². The van der Waals surface area contributed by atoms with Gasteiger partial charge in [-0.05, 0) is 50.9 Å². The number of rotatable bonds is 9. The number of hydrogen-bond donors (Lipinski definition) is 4. The van der Waals surface area contributed by atoms with Gasteiger partial charge in [0, 0.05) is 17.5 Å². The lowest BCUT2D eigenvalue weighted by atomic mass is 9.60. The van der Waals surface area contributed by atoms with E-state index in [1.54, 1.807) is 25.1 Å². The Labute approximate surface area is 192 Å². The Balaban J connectivity index is 2.17. The van der Waals surface area contributed by atoms with Gasteiger partial charge in [0.15, 0.2) is 11.4 Å². The number of carbonyl (C=O) groups is 3. The van der Waals surface area contributed by atoms with Crippen LogP contribution < -0.4 is 10.5 Å². The SMILES string of the molecule is CCCOc1cccc2c1C(O)=C1C(=O)[C@](O)(C(=O)CC(N)=O)[C@H]([C@@H](CO)N(C)C)C[C@@H]1C2. The van der Waals surface area contributed by atoms with Crippen LogP contribution in [-0.4, -0.2) is 76.6 Å². The minimum atomic E-state index is -2.61. The Hall–Kier alpha value is -2.75. The first-order chi connectivity index (χ1) is 15.6. The van der Waals surface area contributed by atoms with Crippen molar-refractivity contribution in [2.45, 2.75) is 44.2 Å². The summed E-state index contributed by atoms with van der Waals surface area (Å²) in [6.07, 6.45) is 0.462. The number of ketones is 2. The number of primary amides is 1. The fourth-order valence-electron chi connectivity index (χ4n) is 5.10. The molecule has 1 fully saturated rings. The molecule has 0 aromatic heterocycles. The summed E-state index contributed by atoms with van der Waals surface area (Å²) in [6, 6.07) is 4.61. The average Bonchev–Trinajstić information content (AvgIpc) is 2.75. The van der Waals surface area contributed by atoms with Crippen molar-refractivity contribution >= 4 is 23.2 Å². The number of amides is 1. The summed E-state index contributed by atoms with van der Waals surface area (Å²) in [5.74, 6) is -4.36. The van der Waals surface area contributed by atoms with Crippen molar-refractivity contribution in [3.05, 3.63) is 34.9 Å². The van der Waals surface area contributed by atoms with Gasteiger partial charge in [-0.2, -0.15) is 0 Å². The number of aliphatic hydroxyl groups excluding tert-OH is 2. The summed E-state index contributed by atoms with van der Waals surface area (Å²) in [5.41, 5.74) is 3.69. The van der Waals surface area contributed by atoms with E-state index in [9.17, 15) is 29.7 Å². The summed E-state index contributed by atoms with van der Waals surface area (Å²) in [5, 5.41) is 32.8. The molecule has 3 rings (SSSR count). The number of fused-ring (bicyclic) bond motifs is 2. The molecule has 0 aliphatic heterocycles. The van der Waals surface area contributed by atoms with E-state index in [1.165, 1.54) is 0 Å². The zero-order valence-corrected chi connectivity index (χ0v) is 19.2. The lowest BCUT2D eigenvalue weighted by molar-refractivity contribution is -0.163. The smallest absolute Gasteiger partial charge is 0.225 e. The Morgan fingerprint density at radius 3 is 2.61 bits per heavy atom. The van der Waals surface area contributed by atoms with Gasteiger partial charge in [0.2, 0.25) is 11.7 Å². The standard InChI is InChI=1S/C24H32N2O7/c1-4-8-33-17-7-5-6-13-9-14-10-15(16(12-27)26(2)3)24(32,18(28)11-19(25)29)23(31)21(14)22(30)20(13)17/h5-7,14-16,27,30,32H,4,8-12H2,1-3H3,(H2,25,29)/t14-,15-,16+,24+/m0/s1. The van der Waals surface area contributed by atoms with Gasteiger partial charge in [0.05, 0.1) is 25.2 Å². The van der Waals surface area contributed by atoms with Crippen molar-refractivity contribution in [2.75, 3.05) is 27.3 Å². The van der Waals surface area contributed by atoms with Gasteiger partial charge < -0.3 is 30.7 Å². The molecular formula is C24H32N2O7. The summed E-state index contributed by atoms with van der Waals surface area (Å²) in [6.45, 7) is 1.95. The molecule has 9 nitrogen and oxygen atoms in total. The third-order valence-electron chi connectivity index (χ3n) is 6.68. The minimum Gasteiger partial charge on any atom is -0.507 e. The van der Waals surface area contributed by atoms with Crippen LogP contribution >= 0.6 is 0 Å². The highest BCUT2D eigenvalue weighted by molar-refractivity contribution is 6.23. The molecule has 9 heteroatoms.